The summed E-state index contributed by atoms with van der Waals surface area (Å²) in [4.78, 5) is 0. The number of hydrogen-bond acceptors (Lipinski definition) is 2. The van der Waals surface area contributed by atoms with Crippen molar-refractivity contribution >= 4 is 15.9 Å². The lowest BCUT2D eigenvalue weighted by Crippen LogP contribution is -2.37. The molecular weight excluding hydrogens is 314 g/mol. The van der Waals surface area contributed by atoms with Crippen LogP contribution in [0.1, 0.15) is 29.8 Å². The van der Waals surface area contributed by atoms with Gasteiger partial charge in [-0.2, -0.15) is 5.10 Å². The van der Waals surface area contributed by atoms with Gasteiger partial charge in [0.25, 0.3) is 0 Å². The van der Waals surface area contributed by atoms with Gasteiger partial charge >= 0.3 is 0 Å². The smallest absolute Gasteiger partial charge is 0.0738 e. The number of rotatable bonds is 4. The molecule has 0 radical (unpaired) electrons. The molecule has 1 saturated carbocycles. The van der Waals surface area contributed by atoms with E-state index in [9.17, 15) is 0 Å². The zero-order valence-corrected chi connectivity index (χ0v) is 13.5. The second kappa shape index (κ2) is 5.01. The zero-order chi connectivity index (χ0) is 14.3. The van der Waals surface area contributed by atoms with Crippen LogP contribution in [0.4, 0.5) is 0 Å². The van der Waals surface area contributed by atoms with Crippen molar-refractivity contribution in [1.29, 1.82) is 0 Å². The van der Waals surface area contributed by atoms with Crippen molar-refractivity contribution in [3.05, 3.63) is 51.8 Å². The predicted octanol–water partition coefficient (Wildman–Crippen LogP) is 3.09. The summed E-state index contributed by atoms with van der Waals surface area (Å²) in [6.07, 6.45) is 3.23. The summed E-state index contributed by atoms with van der Waals surface area (Å²) >= 11 is 3.63. The molecular formula is C16H20BrN3. The van der Waals surface area contributed by atoms with E-state index in [4.69, 9.17) is 5.73 Å². The Morgan fingerprint density at radius 3 is 2.50 bits per heavy atom. The van der Waals surface area contributed by atoms with E-state index < -0.39 is 0 Å². The second-order valence-corrected chi connectivity index (χ2v) is 6.60. The third-order valence-corrected chi connectivity index (χ3v) is 5.55. The molecule has 1 heterocycles. The van der Waals surface area contributed by atoms with E-state index in [2.05, 4.69) is 51.4 Å². The lowest BCUT2D eigenvalue weighted by Gasteiger charge is -2.24. The van der Waals surface area contributed by atoms with E-state index in [0.717, 1.165) is 16.6 Å². The first-order valence-electron chi connectivity index (χ1n) is 7.04. The Bertz CT molecular complexity index is 614. The van der Waals surface area contributed by atoms with Gasteiger partial charge in [-0.1, -0.05) is 30.3 Å². The van der Waals surface area contributed by atoms with E-state index in [-0.39, 0.29) is 11.5 Å². The van der Waals surface area contributed by atoms with Crippen LogP contribution in [-0.4, -0.2) is 15.8 Å². The zero-order valence-electron chi connectivity index (χ0n) is 11.9. The van der Waals surface area contributed by atoms with Crippen molar-refractivity contribution < 1.29 is 0 Å². The van der Waals surface area contributed by atoms with E-state index in [0.29, 0.717) is 0 Å². The average Bonchev–Trinajstić information content (AvgIpc) is 3.22. The van der Waals surface area contributed by atoms with Crippen LogP contribution in [0, 0.1) is 6.92 Å². The highest BCUT2D eigenvalue weighted by molar-refractivity contribution is 9.10. The van der Waals surface area contributed by atoms with Crippen molar-refractivity contribution in [2.24, 2.45) is 12.8 Å². The number of halogens is 1. The number of benzene rings is 1. The van der Waals surface area contributed by atoms with E-state index in [1.807, 2.05) is 18.7 Å². The van der Waals surface area contributed by atoms with Gasteiger partial charge < -0.3 is 5.73 Å². The van der Waals surface area contributed by atoms with Crippen molar-refractivity contribution in [3.8, 4) is 0 Å². The monoisotopic (exact) mass is 333 g/mol. The Balaban J connectivity index is 1.85. The normalized spacial score (nSPS) is 18.0. The SMILES string of the molecule is Cc1nn(C)c(CC(N)C2(c3ccccc3)CC2)c1Br. The first-order valence-corrected chi connectivity index (χ1v) is 7.83. The molecule has 1 unspecified atom stereocenters. The molecule has 0 aliphatic heterocycles. The van der Waals surface area contributed by atoms with Crippen LogP contribution in [-0.2, 0) is 18.9 Å². The molecule has 20 heavy (non-hydrogen) atoms. The number of nitrogens with two attached hydrogens (primary N) is 1. The molecule has 1 aliphatic rings. The maximum absolute atomic E-state index is 6.56. The summed E-state index contributed by atoms with van der Waals surface area (Å²) in [5, 5.41) is 4.45. The van der Waals surface area contributed by atoms with Crippen LogP contribution in [0.2, 0.25) is 0 Å². The molecule has 1 aromatic heterocycles. The van der Waals surface area contributed by atoms with Gasteiger partial charge in [-0.3, -0.25) is 4.68 Å². The van der Waals surface area contributed by atoms with Crippen molar-refractivity contribution in [2.75, 3.05) is 0 Å². The van der Waals surface area contributed by atoms with E-state index in [1.54, 1.807) is 0 Å². The first kappa shape index (κ1) is 13.8. The van der Waals surface area contributed by atoms with Crippen LogP contribution in [0.3, 0.4) is 0 Å². The predicted molar refractivity (Wildman–Crippen MR) is 84.7 cm³/mol. The molecule has 1 aliphatic carbocycles. The minimum Gasteiger partial charge on any atom is -0.327 e. The molecule has 1 fully saturated rings. The standard InChI is InChI=1S/C16H20BrN3/c1-11-15(17)13(20(2)19-11)10-14(18)16(8-9-16)12-6-4-3-5-7-12/h3-7,14H,8-10,18H2,1-2H3. The van der Waals surface area contributed by atoms with Crippen LogP contribution >= 0.6 is 15.9 Å². The molecule has 3 nitrogen and oxygen atoms in total. The molecule has 0 amide bonds. The Morgan fingerprint density at radius 1 is 1.35 bits per heavy atom. The summed E-state index contributed by atoms with van der Waals surface area (Å²) in [6.45, 7) is 2.02. The van der Waals surface area contributed by atoms with Crippen LogP contribution in [0.25, 0.3) is 0 Å². The highest BCUT2D eigenvalue weighted by Crippen LogP contribution is 2.51. The number of aryl methyl sites for hydroxylation is 2. The summed E-state index contributed by atoms with van der Waals surface area (Å²) in [5.74, 6) is 0. The molecule has 1 aromatic carbocycles. The van der Waals surface area contributed by atoms with Gasteiger partial charge in [0.1, 0.15) is 0 Å². The molecule has 1 atom stereocenters. The first-order chi connectivity index (χ1) is 9.54. The lowest BCUT2D eigenvalue weighted by atomic mass is 9.86. The fourth-order valence-electron chi connectivity index (χ4n) is 3.08. The molecule has 2 aromatic rings. The molecule has 3 rings (SSSR count). The lowest BCUT2D eigenvalue weighted by molar-refractivity contribution is 0.497. The minimum absolute atomic E-state index is 0.135. The second-order valence-electron chi connectivity index (χ2n) is 5.80. The quantitative estimate of drug-likeness (QED) is 0.934. The van der Waals surface area contributed by atoms with Gasteiger partial charge in [-0.05, 0) is 41.3 Å². The molecule has 4 heteroatoms. The third-order valence-electron chi connectivity index (χ3n) is 4.52. The fraction of sp³-hybridized carbons (Fsp3) is 0.438. The summed E-state index contributed by atoms with van der Waals surface area (Å²) < 4.78 is 3.04. The highest BCUT2D eigenvalue weighted by Gasteiger charge is 2.49. The van der Waals surface area contributed by atoms with Gasteiger partial charge in [0.2, 0.25) is 0 Å². The summed E-state index contributed by atoms with van der Waals surface area (Å²) in [7, 11) is 1.99. The maximum Gasteiger partial charge on any atom is 0.0738 e. The van der Waals surface area contributed by atoms with Gasteiger partial charge in [-0.15, -0.1) is 0 Å². The summed E-state index contributed by atoms with van der Waals surface area (Å²) in [5.41, 5.74) is 10.3. The largest absolute Gasteiger partial charge is 0.327 e. The molecule has 0 bridgehead atoms. The van der Waals surface area contributed by atoms with Gasteiger partial charge in [0, 0.05) is 24.9 Å². The van der Waals surface area contributed by atoms with E-state index >= 15 is 0 Å². The van der Waals surface area contributed by atoms with E-state index in [1.165, 1.54) is 24.1 Å². The van der Waals surface area contributed by atoms with Gasteiger partial charge in [0.15, 0.2) is 0 Å². The van der Waals surface area contributed by atoms with Crippen molar-refractivity contribution in [2.45, 2.75) is 37.6 Å². The molecule has 0 spiro atoms. The number of aromatic nitrogens is 2. The highest BCUT2D eigenvalue weighted by atomic mass is 79.9. The average molecular weight is 334 g/mol. The Labute approximate surface area is 128 Å². The number of hydrogen-bond donors (Lipinski definition) is 1. The molecule has 106 valence electrons. The van der Waals surface area contributed by atoms with Crippen LogP contribution in [0.15, 0.2) is 34.8 Å². The Kier molecular flexibility index (Phi) is 3.46. The number of nitrogens with zero attached hydrogens (tertiary/aromatic N) is 2. The topological polar surface area (TPSA) is 43.8 Å². The Morgan fingerprint density at radius 2 is 2.00 bits per heavy atom. The van der Waals surface area contributed by atoms with Crippen LogP contribution < -0.4 is 5.73 Å². The summed E-state index contributed by atoms with van der Waals surface area (Å²) in [6, 6.07) is 10.8. The molecule has 0 saturated heterocycles. The third kappa shape index (κ3) is 2.21. The van der Waals surface area contributed by atoms with Crippen molar-refractivity contribution in [1.82, 2.24) is 9.78 Å². The molecule has 2 N–H and O–H groups in total. The van der Waals surface area contributed by atoms with Crippen molar-refractivity contribution in [3.63, 3.8) is 0 Å². The minimum atomic E-state index is 0.135. The van der Waals surface area contributed by atoms with Crippen LogP contribution in [0.5, 0.6) is 0 Å². The van der Waals surface area contributed by atoms with Gasteiger partial charge in [0.05, 0.1) is 15.9 Å². The fourth-order valence-corrected chi connectivity index (χ4v) is 3.58. The maximum atomic E-state index is 6.56. The van der Waals surface area contributed by atoms with Gasteiger partial charge in [-0.25, -0.2) is 0 Å². The Hall–Kier alpha value is -1.13.